The van der Waals surface area contributed by atoms with Crippen LogP contribution < -0.4 is 5.32 Å². The fourth-order valence-electron chi connectivity index (χ4n) is 2.81. The number of carbonyl (C=O) groups excluding carboxylic acids is 1. The van der Waals surface area contributed by atoms with Crippen LogP contribution in [-0.2, 0) is 16.0 Å². The van der Waals surface area contributed by atoms with E-state index in [-0.39, 0.29) is 5.54 Å². The Morgan fingerprint density at radius 2 is 1.96 bits per heavy atom. The minimum absolute atomic E-state index is 0.163. The van der Waals surface area contributed by atoms with Crippen LogP contribution >= 0.6 is 0 Å². The Morgan fingerprint density at radius 3 is 2.59 bits per heavy atom. The summed E-state index contributed by atoms with van der Waals surface area (Å²) in [6.07, 6.45) is 7.21. The summed E-state index contributed by atoms with van der Waals surface area (Å²) >= 11 is 0. The van der Waals surface area contributed by atoms with Crippen LogP contribution in [0.5, 0.6) is 0 Å². The first-order valence-corrected chi connectivity index (χ1v) is 8.97. The molecule has 0 amide bonds. The molecule has 0 saturated heterocycles. The van der Waals surface area contributed by atoms with E-state index in [4.69, 9.17) is 0 Å². The fraction of sp³-hybridized carbons (Fsp3) is 0.381. The average molecular weight is 368 g/mol. The molecule has 1 heterocycles. The molecule has 0 saturated carbocycles. The molecule has 0 bridgehead atoms. The standard InChI is InChI=1S/C21H28N4O2/c1-21(2,16-25(3)13-12-17-8-6-5-7-9-17)24-19-15-22-18(14-23-19)10-11-20(26)27-4/h5-11,14-15H,12-13,16H2,1-4H3,(H,23,24). The second-order valence-electron chi connectivity index (χ2n) is 7.17. The lowest BCUT2D eigenvalue weighted by atomic mass is 10.0. The molecule has 2 aromatic rings. The Labute approximate surface area is 161 Å². The molecule has 1 aromatic carbocycles. The van der Waals surface area contributed by atoms with Gasteiger partial charge in [0.05, 0.1) is 25.2 Å². The molecule has 144 valence electrons. The molecule has 6 nitrogen and oxygen atoms in total. The van der Waals surface area contributed by atoms with Crippen LogP contribution in [0.25, 0.3) is 6.08 Å². The van der Waals surface area contributed by atoms with E-state index in [0.29, 0.717) is 11.5 Å². The van der Waals surface area contributed by atoms with E-state index in [9.17, 15) is 4.79 Å². The molecule has 2 rings (SSSR count). The third kappa shape index (κ3) is 7.58. The minimum atomic E-state index is -0.418. The van der Waals surface area contributed by atoms with Crippen molar-refractivity contribution in [2.45, 2.75) is 25.8 Å². The monoisotopic (exact) mass is 368 g/mol. The Morgan fingerprint density at radius 1 is 1.22 bits per heavy atom. The second kappa shape index (κ2) is 9.83. The first-order chi connectivity index (χ1) is 12.9. The molecule has 0 fully saturated rings. The van der Waals surface area contributed by atoms with Crippen molar-refractivity contribution in [2.75, 3.05) is 32.6 Å². The van der Waals surface area contributed by atoms with Gasteiger partial charge in [0.1, 0.15) is 5.82 Å². The molecule has 0 aliphatic heterocycles. The smallest absolute Gasteiger partial charge is 0.330 e. The Hall–Kier alpha value is -2.73. The van der Waals surface area contributed by atoms with Gasteiger partial charge in [-0.15, -0.1) is 0 Å². The van der Waals surface area contributed by atoms with Crippen LogP contribution in [0.1, 0.15) is 25.1 Å². The van der Waals surface area contributed by atoms with E-state index < -0.39 is 5.97 Å². The topological polar surface area (TPSA) is 67.3 Å². The summed E-state index contributed by atoms with van der Waals surface area (Å²) in [6, 6.07) is 10.5. The summed E-state index contributed by atoms with van der Waals surface area (Å²) in [5, 5.41) is 3.42. The molecule has 0 aliphatic rings. The first kappa shape index (κ1) is 20.6. The van der Waals surface area contributed by atoms with Crippen molar-refractivity contribution in [1.29, 1.82) is 0 Å². The van der Waals surface area contributed by atoms with Crippen LogP contribution in [0, 0.1) is 0 Å². The molecule has 0 unspecified atom stereocenters. The van der Waals surface area contributed by atoms with Gasteiger partial charge in [0.2, 0.25) is 0 Å². The van der Waals surface area contributed by atoms with Crippen molar-refractivity contribution in [3.63, 3.8) is 0 Å². The Bertz CT molecular complexity index is 743. The Balaban J connectivity index is 1.85. The number of nitrogens with one attached hydrogen (secondary N) is 1. The largest absolute Gasteiger partial charge is 0.466 e. The zero-order valence-corrected chi connectivity index (χ0v) is 16.5. The van der Waals surface area contributed by atoms with Crippen LogP contribution in [0.2, 0.25) is 0 Å². The molecule has 27 heavy (non-hydrogen) atoms. The predicted molar refractivity (Wildman–Crippen MR) is 108 cm³/mol. The highest BCUT2D eigenvalue weighted by molar-refractivity contribution is 5.86. The summed E-state index contributed by atoms with van der Waals surface area (Å²) in [5.74, 6) is 0.283. The number of benzene rings is 1. The highest BCUT2D eigenvalue weighted by Gasteiger charge is 2.20. The molecule has 0 atom stereocenters. The lowest BCUT2D eigenvalue weighted by Gasteiger charge is -2.31. The maximum Gasteiger partial charge on any atom is 0.330 e. The van der Waals surface area contributed by atoms with Gasteiger partial charge < -0.3 is 15.0 Å². The van der Waals surface area contributed by atoms with Gasteiger partial charge in [0.25, 0.3) is 0 Å². The predicted octanol–water partition coefficient (Wildman–Crippen LogP) is 3.03. The molecule has 0 aliphatic carbocycles. The van der Waals surface area contributed by atoms with Crippen LogP contribution in [-0.4, -0.2) is 53.6 Å². The normalized spacial score (nSPS) is 11.7. The van der Waals surface area contributed by atoms with Gasteiger partial charge >= 0.3 is 5.97 Å². The van der Waals surface area contributed by atoms with Gasteiger partial charge in [0.15, 0.2) is 0 Å². The van der Waals surface area contributed by atoms with E-state index in [1.54, 1.807) is 18.5 Å². The summed E-state index contributed by atoms with van der Waals surface area (Å²) in [5.41, 5.74) is 1.78. The van der Waals surface area contributed by atoms with Crippen molar-refractivity contribution in [3.05, 3.63) is 60.1 Å². The molecule has 0 radical (unpaired) electrons. The first-order valence-electron chi connectivity index (χ1n) is 8.97. The van der Waals surface area contributed by atoms with Crippen molar-refractivity contribution in [3.8, 4) is 0 Å². The summed E-state index contributed by atoms with van der Waals surface area (Å²) < 4.78 is 4.56. The molecule has 1 N–H and O–H groups in total. The zero-order valence-electron chi connectivity index (χ0n) is 16.5. The van der Waals surface area contributed by atoms with Gasteiger partial charge in [-0.25, -0.2) is 9.78 Å². The molecular formula is C21H28N4O2. The summed E-state index contributed by atoms with van der Waals surface area (Å²) in [4.78, 5) is 22.1. The molecular weight excluding hydrogens is 340 g/mol. The van der Waals surface area contributed by atoms with Gasteiger partial charge in [-0.1, -0.05) is 30.3 Å². The number of likely N-dealkylation sites (N-methyl/N-ethyl adjacent to an activating group) is 1. The number of hydrogen-bond donors (Lipinski definition) is 1. The van der Waals surface area contributed by atoms with Crippen molar-refractivity contribution in [2.24, 2.45) is 0 Å². The van der Waals surface area contributed by atoms with Gasteiger partial charge in [0, 0.05) is 24.7 Å². The highest BCUT2D eigenvalue weighted by Crippen LogP contribution is 2.14. The number of esters is 1. The van der Waals surface area contributed by atoms with Crippen molar-refractivity contribution in [1.82, 2.24) is 14.9 Å². The number of nitrogens with zero attached hydrogens (tertiary/aromatic N) is 3. The number of anilines is 1. The van der Waals surface area contributed by atoms with E-state index in [1.807, 2.05) is 6.07 Å². The van der Waals surface area contributed by atoms with Gasteiger partial charge in [-0.2, -0.15) is 0 Å². The third-order valence-electron chi connectivity index (χ3n) is 4.02. The van der Waals surface area contributed by atoms with E-state index >= 15 is 0 Å². The highest BCUT2D eigenvalue weighted by atomic mass is 16.5. The number of aromatic nitrogens is 2. The lowest BCUT2D eigenvalue weighted by Crippen LogP contribution is -2.43. The van der Waals surface area contributed by atoms with Crippen LogP contribution in [0.15, 0.2) is 48.8 Å². The summed E-state index contributed by atoms with van der Waals surface area (Å²) in [7, 11) is 3.46. The van der Waals surface area contributed by atoms with Crippen molar-refractivity contribution >= 4 is 17.9 Å². The van der Waals surface area contributed by atoms with E-state index in [0.717, 1.165) is 19.5 Å². The zero-order chi connectivity index (χ0) is 19.7. The average Bonchev–Trinajstić information content (AvgIpc) is 2.65. The maximum absolute atomic E-state index is 11.1. The van der Waals surface area contributed by atoms with E-state index in [1.165, 1.54) is 18.7 Å². The number of rotatable bonds is 9. The third-order valence-corrected chi connectivity index (χ3v) is 4.02. The summed E-state index contributed by atoms with van der Waals surface area (Å²) in [6.45, 7) is 6.13. The number of hydrogen-bond acceptors (Lipinski definition) is 6. The fourth-order valence-corrected chi connectivity index (χ4v) is 2.81. The molecule has 0 spiro atoms. The lowest BCUT2D eigenvalue weighted by molar-refractivity contribution is -0.134. The number of ether oxygens (including phenoxy) is 1. The number of methoxy groups -OCH3 is 1. The number of carbonyl (C=O) groups is 1. The van der Waals surface area contributed by atoms with Crippen molar-refractivity contribution < 1.29 is 9.53 Å². The van der Waals surface area contributed by atoms with Gasteiger partial charge in [-0.05, 0) is 39.0 Å². The van der Waals surface area contributed by atoms with Gasteiger partial charge in [-0.3, -0.25) is 4.98 Å². The molecule has 6 heteroatoms. The minimum Gasteiger partial charge on any atom is -0.466 e. The van der Waals surface area contributed by atoms with Crippen LogP contribution in [0.3, 0.4) is 0 Å². The van der Waals surface area contributed by atoms with Crippen LogP contribution in [0.4, 0.5) is 5.82 Å². The quantitative estimate of drug-likeness (QED) is 0.542. The maximum atomic E-state index is 11.1. The second-order valence-corrected chi connectivity index (χ2v) is 7.17. The molecule has 1 aromatic heterocycles. The Kier molecular flexibility index (Phi) is 7.49. The SMILES string of the molecule is COC(=O)C=Cc1cnc(NC(C)(C)CN(C)CCc2ccccc2)cn1. The van der Waals surface area contributed by atoms with E-state index in [2.05, 4.69) is 70.1 Å².